The molecule has 0 saturated heterocycles. The van der Waals surface area contributed by atoms with E-state index >= 15 is 0 Å². The molecule has 0 bridgehead atoms. The molecule has 0 atom stereocenters. The lowest BCUT2D eigenvalue weighted by atomic mass is 9.97. The molecule has 1 aromatic rings. The fourth-order valence-electron chi connectivity index (χ4n) is 1.41. The van der Waals surface area contributed by atoms with Crippen molar-refractivity contribution < 1.29 is 8.42 Å². The Morgan fingerprint density at radius 1 is 1.41 bits per heavy atom. The molecule has 1 aromatic heterocycles. The van der Waals surface area contributed by atoms with Gasteiger partial charge >= 0.3 is 0 Å². The zero-order valence-electron chi connectivity index (χ0n) is 9.66. The molecule has 1 heterocycles. The first-order valence-corrected chi connectivity index (χ1v) is 9.51. The van der Waals surface area contributed by atoms with Crippen molar-refractivity contribution in [1.29, 1.82) is 0 Å². The van der Waals surface area contributed by atoms with Crippen molar-refractivity contribution in [2.24, 2.45) is 0 Å². The monoisotopic (exact) mass is 403 g/mol. The first-order valence-electron chi connectivity index (χ1n) is 5.23. The van der Waals surface area contributed by atoms with E-state index in [0.717, 1.165) is 12.8 Å². The summed E-state index contributed by atoms with van der Waals surface area (Å²) in [6.45, 7) is 3.97. The van der Waals surface area contributed by atoms with Crippen molar-refractivity contribution in [3.8, 4) is 0 Å². The molecule has 17 heavy (non-hydrogen) atoms. The number of rotatable bonds is 6. The maximum Gasteiger partial charge on any atom is 0.251 e. The van der Waals surface area contributed by atoms with E-state index in [1.54, 1.807) is 11.4 Å². The molecule has 0 fully saturated rings. The van der Waals surface area contributed by atoms with Crippen LogP contribution in [0, 0.1) is 0 Å². The van der Waals surface area contributed by atoms with E-state index in [1.165, 1.54) is 11.3 Å². The third-order valence-electron chi connectivity index (χ3n) is 2.79. The first kappa shape index (κ1) is 15.6. The second-order valence-corrected chi connectivity index (χ2v) is 7.99. The minimum absolute atomic E-state index is 0.338. The van der Waals surface area contributed by atoms with Crippen molar-refractivity contribution in [3.63, 3.8) is 0 Å². The highest BCUT2D eigenvalue weighted by Crippen LogP contribution is 2.30. The van der Waals surface area contributed by atoms with Crippen LogP contribution in [0.1, 0.15) is 26.7 Å². The fraction of sp³-hybridized carbons (Fsp3) is 0.600. The Morgan fingerprint density at radius 3 is 2.35 bits per heavy atom. The van der Waals surface area contributed by atoms with Crippen LogP contribution < -0.4 is 4.72 Å². The Hall–Kier alpha value is 0.570. The summed E-state index contributed by atoms with van der Waals surface area (Å²) < 4.78 is 28.3. The molecule has 0 aliphatic carbocycles. The fourth-order valence-corrected chi connectivity index (χ4v) is 6.41. The minimum atomic E-state index is -3.45. The maximum atomic E-state index is 12.3. The predicted octanol–water partition coefficient (Wildman–Crippen LogP) is 3.74. The van der Waals surface area contributed by atoms with Gasteiger partial charge in [-0.3, -0.25) is 0 Å². The van der Waals surface area contributed by atoms with Crippen molar-refractivity contribution in [2.45, 2.75) is 36.4 Å². The number of sulfonamides is 1. The molecule has 7 heteroatoms. The van der Waals surface area contributed by atoms with Crippen molar-refractivity contribution in [1.82, 2.24) is 4.72 Å². The lowest BCUT2D eigenvalue weighted by Gasteiger charge is -2.30. The molecular formula is C10H15Br2NO2S2. The molecule has 0 aliphatic heterocycles. The van der Waals surface area contributed by atoms with Crippen LogP contribution in [-0.2, 0) is 10.0 Å². The maximum absolute atomic E-state index is 12.3. The van der Waals surface area contributed by atoms with Crippen LogP contribution in [0.4, 0.5) is 0 Å². The zero-order chi connectivity index (χ0) is 13.1. The van der Waals surface area contributed by atoms with Crippen LogP contribution in [-0.4, -0.2) is 19.3 Å². The third-order valence-corrected chi connectivity index (χ3v) is 8.11. The van der Waals surface area contributed by atoms with Gasteiger partial charge in [-0.15, -0.1) is 11.3 Å². The summed E-state index contributed by atoms with van der Waals surface area (Å²) in [5.41, 5.74) is -0.414. The molecule has 1 N–H and O–H groups in total. The predicted molar refractivity (Wildman–Crippen MR) is 79.4 cm³/mol. The SMILES string of the molecule is CCC(CC)(CBr)NS(=O)(=O)c1sccc1Br. The Bertz CT molecular complexity index is 458. The number of thiophene rings is 1. The Kier molecular flexibility index (Phi) is 5.65. The summed E-state index contributed by atoms with van der Waals surface area (Å²) in [4.78, 5) is 0. The van der Waals surface area contributed by atoms with E-state index in [9.17, 15) is 8.42 Å². The van der Waals surface area contributed by atoms with Gasteiger partial charge in [0.2, 0.25) is 0 Å². The van der Waals surface area contributed by atoms with Gasteiger partial charge in [-0.2, -0.15) is 0 Å². The van der Waals surface area contributed by atoms with E-state index < -0.39 is 15.6 Å². The second kappa shape index (κ2) is 6.14. The molecule has 0 unspecified atom stereocenters. The third kappa shape index (κ3) is 3.53. The van der Waals surface area contributed by atoms with Gasteiger partial charge in [0.25, 0.3) is 10.0 Å². The molecule has 0 radical (unpaired) electrons. The normalized spacial score (nSPS) is 12.9. The number of nitrogens with one attached hydrogen (secondary N) is 1. The van der Waals surface area contributed by atoms with Crippen molar-refractivity contribution in [3.05, 3.63) is 15.9 Å². The highest BCUT2D eigenvalue weighted by Gasteiger charge is 2.32. The Morgan fingerprint density at radius 2 is 2.00 bits per heavy atom. The Balaban J connectivity index is 3.05. The average Bonchev–Trinajstić information content (AvgIpc) is 2.73. The largest absolute Gasteiger partial charge is 0.251 e. The smallest absolute Gasteiger partial charge is 0.206 e. The average molecular weight is 405 g/mol. The highest BCUT2D eigenvalue weighted by molar-refractivity contribution is 9.10. The molecule has 0 aliphatic rings. The number of hydrogen-bond acceptors (Lipinski definition) is 3. The van der Waals surface area contributed by atoms with Gasteiger partial charge in [0, 0.05) is 15.3 Å². The van der Waals surface area contributed by atoms with E-state index in [0.29, 0.717) is 14.0 Å². The molecule has 1 rings (SSSR count). The van der Waals surface area contributed by atoms with Gasteiger partial charge in [-0.05, 0) is 40.2 Å². The number of alkyl halides is 1. The van der Waals surface area contributed by atoms with Gasteiger partial charge in [0.15, 0.2) is 0 Å². The molecule has 0 aromatic carbocycles. The van der Waals surface area contributed by atoms with Crippen LogP contribution in [0.25, 0.3) is 0 Å². The van der Waals surface area contributed by atoms with E-state index in [2.05, 4.69) is 36.6 Å². The van der Waals surface area contributed by atoms with Crippen LogP contribution >= 0.6 is 43.2 Å². The van der Waals surface area contributed by atoms with Gasteiger partial charge in [0.1, 0.15) is 4.21 Å². The molecule has 0 spiro atoms. The molecule has 98 valence electrons. The van der Waals surface area contributed by atoms with Crippen molar-refractivity contribution >= 4 is 53.2 Å². The van der Waals surface area contributed by atoms with Crippen LogP contribution in [0.15, 0.2) is 20.1 Å². The molecule has 0 saturated carbocycles. The summed E-state index contributed by atoms with van der Waals surface area (Å²) in [6, 6.07) is 1.74. The van der Waals surface area contributed by atoms with Gasteiger partial charge in [-0.25, -0.2) is 13.1 Å². The van der Waals surface area contributed by atoms with Gasteiger partial charge in [0.05, 0.1) is 0 Å². The molecule has 3 nitrogen and oxygen atoms in total. The van der Waals surface area contributed by atoms with Crippen LogP contribution in [0.5, 0.6) is 0 Å². The molecule has 0 amide bonds. The summed E-state index contributed by atoms with van der Waals surface area (Å²) in [5.74, 6) is 0. The van der Waals surface area contributed by atoms with E-state index in [-0.39, 0.29) is 0 Å². The lowest BCUT2D eigenvalue weighted by Crippen LogP contribution is -2.48. The van der Waals surface area contributed by atoms with Crippen LogP contribution in [0.2, 0.25) is 0 Å². The standard InChI is InChI=1S/C10H15Br2NO2S2/c1-3-10(4-2,7-11)13-17(14,15)9-8(12)5-6-16-9/h5-6,13H,3-4,7H2,1-2H3. The summed E-state index contributed by atoms with van der Waals surface area (Å²) in [6.07, 6.45) is 1.49. The first-order chi connectivity index (χ1) is 7.90. The summed E-state index contributed by atoms with van der Waals surface area (Å²) >= 11 is 7.86. The molecular weight excluding hydrogens is 390 g/mol. The summed E-state index contributed by atoms with van der Waals surface area (Å²) in [7, 11) is -3.45. The highest BCUT2D eigenvalue weighted by atomic mass is 79.9. The summed E-state index contributed by atoms with van der Waals surface area (Å²) in [5, 5.41) is 2.36. The zero-order valence-corrected chi connectivity index (χ0v) is 14.5. The Labute approximate surface area is 123 Å². The topological polar surface area (TPSA) is 46.2 Å². The van der Waals surface area contributed by atoms with Crippen molar-refractivity contribution in [2.75, 3.05) is 5.33 Å². The second-order valence-electron chi connectivity index (χ2n) is 3.78. The number of hydrogen-bond donors (Lipinski definition) is 1. The van der Waals surface area contributed by atoms with Crippen LogP contribution in [0.3, 0.4) is 0 Å². The van der Waals surface area contributed by atoms with E-state index in [4.69, 9.17) is 0 Å². The van der Waals surface area contributed by atoms with E-state index in [1.807, 2.05) is 13.8 Å². The quantitative estimate of drug-likeness (QED) is 0.734. The lowest BCUT2D eigenvalue weighted by molar-refractivity contribution is 0.399. The van der Waals surface area contributed by atoms with Gasteiger partial charge < -0.3 is 0 Å². The van der Waals surface area contributed by atoms with Gasteiger partial charge in [-0.1, -0.05) is 29.8 Å². The minimum Gasteiger partial charge on any atom is -0.206 e. The number of halogens is 2.